The van der Waals surface area contributed by atoms with Crippen molar-refractivity contribution in [1.82, 2.24) is 4.57 Å². The summed E-state index contributed by atoms with van der Waals surface area (Å²) >= 11 is 5.98. The number of halogens is 1. The van der Waals surface area contributed by atoms with E-state index in [2.05, 4.69) is 0 Å². The highest BCUT2D eigenvalue weighted by Gasteiger charge is 2.19. The van der Waals surface area contributed by atoms with Crippen LogP contribution in [0.3, 0.4) is 0 Å². The van der Waals surface area contributed by atoms with E-state index >= 15 is 0 Å². The Kier molecular flexibility index (Phi) is 7.55. The lowest BCUT2D eigenvalue weighted by Gasteiger charge is -2.14. The Morgan fingerprint density at radius 2 is 2.00 bits per heavy atom. The Hall–Kier alpha value is -2.16. The molecule has 1 heterocycles. The Bertz CT molecular complexity index is 955. The molecule has 0 saturated carbocycles. The summed E-state index contributed by atoms with van der Waals surface area (Å²) in [6.07, 6.45) is 1.45. The minimum Gasteiger partial charge on any atom is -0.384 e. The maximum Gasteiger partial charge on any atom is 0.252 e. The van der Waals surface area contributed by atoms with Crippen molar-refractivity contribution in [2.75, 3.05) is 19.5 Å². The van der Waals surface area contributed by atoms with Crippen molar-refractivity contribution in [2.24, 2.45) is 5.73 Å². The minimum absolute atomic E-state index is 0. The number of carbonyl (C=O) groups is 1. The number of nitrogens with one attached hydrogen (secondary N) is 1. The summed E-state index contributed by atoms with van der Waals surface area (Å²) in [6.45, 7) is 0.137. The van der Waals surface area contributed by atoms with E-state index in [0.29, 0.717) is 5.56 Å². The summed E-state index contributed by atoms with van der Waals surface area (Å²) < 4.78 is 31.2. The zero-order valence-corrected chi connectivity index (χ0v) is 15.1. The molecule has 0 aliphatic rings. The fourth-order valence-corrected chi connectivity index (χ4v) is 4.00. The quantitative estimate of drug-likeness (QED) is 0.738. The molecule has 0 unspecified atom stereocenters. The summed E-state index contributed by atoms with van der Waals surface area (Å²) in [7, 11) is -2.12. The van der Waals surface area contributed by atoms with E-state index in [1.54, 1.807) is 18.2 Å². The largest absolute Gasteiger partial charge is 0.384 e. The number of ether oxygens (including phenoxy) is 1. The Morgan fingerprint density at radius 3 is 2.62 bits per heavy atom. The Labute approximate surface area is 157 Å². The third kappa shape index (κ3) is 4.94. The Morgan fingerprint density at radius 1 is 1.35 bits per heavy atom. The first-order chi connectivity index (χ1) is 11.8. The fourth-order valence-electron chi connectivity index (χ4n) is 2.35. The van der Waals surface area contributed by atoms with Gasteiger partial charge in [0.1, 0.15) is 5.49 Å². The smallest absolute Gasteiger partial charge is 0.252 e. The zero-order chi connectivity index (χ0) is 18.6. The SMILES string of the molecule is C.COCCS(=O)(=O)c1ccccc1Cn1cc(Cl)cc(C(N)=O)c1=N. The number of primary amides is 1. The normalized spacial score (nSPS) is 11.0. The van der Waals surface area contributed by atoms with Gasteiger partial charge in [-0.2, -0.15) is 0 Å². The van der Waals surface area contributed by atoms with Crippen molar-refractivity contribution >= 4 is 27.3 Å². The van der Waals surface area contributed by atoms with Crippen molar-refractivity contribution in [2.45, 2.75) is 18.9 Å². The highest BCUT2D eigenvalue weighted by Crippen LogP contribution is 2.19. The van der Waals surface area contributed by atoms with Crippen LogP contribution in [0.25, 0.3) is 0 Å². The number of benzene rings is 1. The monoisotopic (exact) mass is 399 g/mol. The predicted octanol–water partition coefficient (Wildman–Crippen LogP) is 1.82. The summed E-state index contributed by atoms with van der Waals surface area (Å²) in [5.74, 6) is -0.927. The number of amides is 1. The molecule has 9 heteroatoms. The van der Waals surface area contributed by atoms with Gasteiger partial charge in [0.05, 0.1) is 34.4 Å². The summed E-state index contributed by atoms with van der Waals surface area (Å²) in [5, 5.41) is 8.32. The van der Waals surface area contributed by atoms with Crippen LogP contribution in [0.1, 0.15) is 23.3 Å². The molecular formula is C17H22ClN3O4S. The number of methoxy groups -OCH3 is 1. The first-order valence-corrected chi connectivity index (χ1v) is 9.33. The van der Waals surface area contributed by atoms with E-state index in [1.165, 1.54) is 30.0 Å². The van der Waals surface area contributed by atoms with Crippen LogP contribution in [0.2, 0.25) is 5.02 Å². The first-order valence-electron chi connectivity index (χ1n) is 7.30. The molecule has 2 rings (SSSR count). The van der Waals surface area contributed by atoms with Crippen molar-refractivity contribution in [3.8, 4) is 0 Å². The van der Waals surface area contributed by atoms with Gasteiger partial charge in [0.15, 0.2) is 9.84 Å². The Balaban J connectivity index is 0.00000338. The molecule has 0 fully saturated rings. The number of hydrogen-bond donors (Lipinski definition) is 2. The number of pyridine rings is 1. The standard InChI is InChI=1S/C16H18ClN3O4S.CH4/c1-24-6-7-25(22,23)14-5-3-2-4-11(14)9-20-10-12(17)8-13(15(20)18)16(19)21;/h2-5,8,10,18H,6-7,9H2,1H3,(H2,19,21);1H4. The predicted molar refractivity (Wildman–Crippen MR) is 100 cm³/mol. The van der Waals surface area contributed by atoms with Crippen LogP contribution < -0.4 is 11.2 Å². The van der Waals surface area contributed by atoms with Crippen molar-refractivity contribution in [3.63, 3.8) is 0 Å². The van der Waals surface area contributed by atoms with E-state index in [4.69, 9.17) is 27.5 Å². The van der Waals surface area contributed by atoms with E-state index < -0.39 is 15.7 Å². The van der Waals surface area contributed by atoms with Crippen LogP contribution in [0.15, 0.2) is 41.4 Å². The summed E-state index contributed by atoms with van der Waals surface area (Å²) in [6, 6.07) is 7.79. The van der Waals surface area contributed by atoms with Gasteiger partial charge in [0.2, 0.25) is 0 Å². The maximum atomic E-state index is 12.5. The van der Waals surface area contributed by atoms with Crippen molar-refractivity contribution in [1.29, 1.82) is 5.41 Å². The number of nitrogens with zero attached hydrogens (tertiary/aromatic N) is 1. The molecule has 1 amide bonds. The molecule has 0 radical (unpaired) electrons. The van der Waals surface area contributed by atoms with Crippen LogP contribution in [0.5, 0.6) is 0 Å². The van der Waals surface area contributed by atoms with E-state index in [9.17, 15) is 13.2 Å². The lowest BCUT2D eigenvalue weighted by molar-refractivity contribution is 0.0997. The fraction of sp³-hybridized carbons (Fsp3) is 0.294. The molecule has 3 N–H and O–H groups in total. The van der Waals surface area contributed by atoms with Gasteiger partial charge in [-0.1, -0.05) is 37.2 Å². The molecule has 0 saturated heterocycles. The topological polar surface area (TPSA) is 115 Å². The highest BCUT2D eigenvalue weighted by molar-refractivity contribution is 7.91. The van der Waals surface area contributed by atoms with Gasteiger partial charge in [-0.05, 0) is 17.7 Å². The van der Waals surface area contributed by atoms with Crippen LogP contribution in [-0.2, 0) is 21.1 Å². The van der Waals surface area contributed by atoms with Gasteiger partial charge in [-0.15, -0.1) is 0 Å². The van der Waals surface area contributed by atoms with Crippen molar-refractivity contribution in [3.05, 3.63) is 58.2 Å². The van der Waals surface area contributed by atoms with E-state index in [1.807, 2.05) is 0 Å². The van der Waals surface area contributed by atoms with Gasteiger partial charge in [0, 0.05) is 13.3 Å². The number of carbonyl (C=O) groups excluding carboxylic acids is 1. The average Bonchev–Trinajstić information content (AvgIpc) is 2.56. The number of rotatable bonds is 7. The average molecular weight is 400 g/mol. The number of sulfone groups is 1. The minimum atomic E-state index is -3.55. The van der Waals surface area contributed by atoms with Crippen molar-refractivity contribution < 1.29 is 17.9 Å². The second-order valence-electron chi connectivity index (χ2n) is 5.33. The van der Waals surface area contributed by atoms with Gasteiger partial charge in [-0.25, -0.2) is 8.42 Å². The molecule has 1 aromatic heterocycles. The highest BCUT2D eigenvalue weighted by atomic mass is 35.5. The molecule has 0 bridgehead atoms. The van der Waals surface area contributed by atoms with Gasteiger partial charge >= 0.3 is 0 Å². The van der Waals surface area contributed by atoms with Gasteiger partial charge < -0.3 is 15.0 Å². The zero-order valence-electron chi connectivity index (χ0n) is 13.5. The molecule has 0 spiro atoms. The number of nitrogens with two attached hydrogens (primary N) is 1. The lowest BCUT2D eigenvalue weighted by atomic mass is 10.2. The number of aromatic nitrogens is 1. The van der Waals surface area contributed by atoms with Gasteiger partial charge in [0.25, 0.3) is 5.91 Å². The van der Waals surface area contributed by atoms with Crippen LogP contribution >= 0.6 is 11.6 Å². The summed E-state index contributed by atoms with van der Waals surface area (Å²) in [5.41, 5.74) is 5.57. The van der Waals surface area contributed by atoms with Crippen LogP contribution in [0.4, 0.5) is 0 Å². The molecule has 0 aliphatic heterocycles. The summed E-state index contributed by atoms with van der Waals surface area (Å²) in [4.78, 5) is 11.6. The second-order valence-corrected chi connectivity index (χ2v) is 7.85. The molecule has 2 aromatic rings. The maximum absolute atomic E-state index is 12.5. The first kappa shape index (κ1) is 21.9. The van der Waals surface area contributed by atoms with Gasteiger partial charge in [-0.3, -0.25) is 10.2 Å². The van der Waals surface area contributed by atoms with E-state index in [-0.39, 0.29) is 47.3 Å². The third-order valence-corrected chi connectivity index (χ3v) is 5.55. The third-order valence-electron chi connectivity index (χ3n) is 3.57. The molecule has 142 valence electrons. The molecule has 0 atom stereocenters. The second kappa shape index (κ2) is 8.98. The lowest BCUT2D eigenvalue weighted by Crippen LogP contribution is -2.30. The molecule has 0 aliphatic carbocycles. The molecule has 7 nitrogen and oxygen atoms in total. The molecular weight excluding hydrogens is 378 g/mol. The molecule has 1 aromatic carbocycles. The molecule has 26 heavy (non-hydrogen) atoms. The van der Waals surface area contributed by atoms with Crippen LogP contribution in [0, 0.1) is 5.41 Å². The van der Waals surface area contributed by atoms with E-state index in [0.717, 1.165) is 0 Å². The number of hydrogen-bond acceptors (Lipinski definition) is 5. The van der Waals surface area contributed by atoms with Crippen LogP contribution in [-0.4, -0.2) is 38.4 Å².